The minimum Gasteiger partial charge on any atom is -0.859 e. The molecule has 0 fully saturated rings. The van der Waals surface area contributed by atoms with Crippen molar-refractivity contribution in [2.45, 2.75) is 78.1 Å². The van der Waals surface area contributed by atoms with Gasteiger partial charge in [-0.2, -0.15) is 0 Å². The maximum Gasteiger partial charge on any atom is 2.00 e. The van der Waals surface area contributed by atoms with Gasteiger partial charge in [-0.15, -0.1) is 0 Å². The standard InChI is InChI=1S/2C11H19NO3.Ca/c2*1-2-3-4-5-6-7-10(13)12-9-8-11(14)15;/h2*6-7H,2-5,8-9H2,1H3,(H,12,13)(H,14,15);/q;;+2/p-2/b2*7-6+;. The van der Waals surface area contributed by atoms with Crippen molar-refractivity contribution in [2.24, 2.45) is 4.99 Å². The maximum absolute atomic E-state index is 11.1. The molecule has 0 rings (SSSR count). The van der Waals surface area contributed by atoms with Crippen molar-refractivity contribution < 1.29 is 29.7 Å². The Labute approximate surface area is 215 Å². The van der Waals surface area contributed by atoms with E-state index in [4.69, 9.17) is 5.11 Å². The van der Waals surface area contributed by atoms with Crippen LogP contribution in [-0.4, -0.2) is 79.7 Å². The van der Waals surface area contributed by atoms with Gasteiger partial charge >= 0.3 is 43.7 Å². The molecule has 0 aliphatic rings. The van der Waals surface area contributed by atoms with E-state index in [1.54, 1.807) is 6.08 Å². The Kier molecular flexibility index (Phi) is 29.4. The van der Waals surface area contributed by atoms with E-state index in [0.717, 1.165) is 38.5 Å². The molecule has 0 heterocycles. The van der Waals surface area contributed by atoms with Crippen LogP contribution >= 0.6 is 0 Å². The van der Waals surface area contributed by atoms with Crippen molar-refractivity contribution in [3.8, 4) is 0 Å². The summed E-state index contributed by atoms with van der Waals surface area (Å²) in [7, 11) is 0. The molecule has 2 N–H and O–H groups in total. The van der Waals surface area contributed by atoms with Gasteiger partial charge in [0, 0.05) is 25.5 Å². The van der Waals surface area contributed by atoms with Crippen LogP contribution in [0.1, 0.15) is 78.1 Å². The summed E-state index contributed by atoms with van der Waals surface area (Å²) in [5.41, 5.74) is 0. The fourth-order valence-electron chi connectivity index (χ4n) is 2.06. The number of carbonyl (C=O) groups is 3. The first-order valence-corrected chi connectivity index (χ1v) is 10.6. The van der Waals surface area contributed by atoms with E-state index in [0.29, 0.717) is 0 Å². The molecule has 0 radical (unpaired) electrons. The van der Waals surface area contributed by atoms with Crippen molar-refractivity contribution >= 4 is 61.5 Å². The van der Waals surface area contributed by atoms with Crippen molar-refractivity contribution in [3.05, 3.63) is 24.3 Å². The molecule has 1 amide bonds. The quantitative estimate of drug-likeness (QED) is 0.116. The second-order valence-electron chi connectivity index (χ2n) is 6.57. The Bertz CT molecular complexity index is 562. The molecular formula is C22H36CaN2O6. The van der Waals surface area contributed by atoms with Crippen LogP contribution in [-0.2, 0) is 14.4 Å². The third-order valence-electron chi connectivity index (χ3n) is 3.70. The van der Waals surface area contributed by atoms with E-state index >= 15 is 0 Å². The summed E-state index contributed by atoms with van der Waals surface area (Å²) in [4.78, 5) is 34.8. The number of aliphatic imine (C=N–C) groups is 1. The maximum atomic E-state index is 11.1. The monoisotopic (exact) mass is 464 g/mol. The molecule has 0 aliphatic carbocycles. The molecule has 31 heavy (non-hydrogen) atoms. The summed E-state index contributed by atoms with van der Waals surface area (Å²) in [6.45, 7) is 4.43. The average Bonchev–Trinajstić information content (AvgIpc) is 2.67. The third-order valence-corrected chi connectivity index (χ3v) is 3.70. The number of allylic oxidation sites excluding steroid dienone is 2. The van der Waals surface area contributed by atoms with Crippen molar-refractivity contribution in [3.63, 3.8) is 0 Å². The Balaban J connectivity index is -0.000000490. The van der Waals surface area contributed by atoms with Crippen LogP contribution in [0.5, 0.6) is 0 Å². The SMILES string of the molecule is CCCCC/C=C/C(=O)NCCC(=O)O.CCCCC/C=C/C([O-])=NCCC(=O)[O-].[Ca+2]. The number of aliphatic carboxylic acids is 2. The van der Waals surface area contributed by atoms with Gasteiger partial charge in [-0.25, -0.2) is 0 Å². The molecule has 0 aromatic heterocycles. The summed E-state index contributed by atoms with van der Waals surface area (Å²) >= 11 is 0. The van der Waals surface area contributed by atoms with E-state index in [1.165, 1.54) is 25.0 Å². The summed E-state index contributed by atoms with van der Waals surface area (Å²) in [6.07, 6.45) is 14.8. The number of carbonyl (C=O) groups excluding carboxylic acids is 2. The van der Waals surface area contributed by atoms with Crippen LogP contribution in [0.15, 0.2) is 29.3 Å². The van der Waals surface area contributed by atoms with E-state index in [9.17, 15) is 24.6 Å². The Morgan fingerprint density at radius 3 is 1.94 bits per heavy atom. The number of hydrogen-bond acceptors (Lipinski definition) is 6. The number of carboxylic acid groups (broad SMARTS) is 2. The van der Waals surface area contributed by atoms with Crippen molar-refractivity contribution in [1.29, 1.82) is 0 Å². The number of rotatable bonds is 16. The Hall–Kier alpha value is -1.38. The number of unbranched alkanes of at least 4 members (excludes halogenated alkanes) is 6. The first-order valence-electron chi connectivity index (χ1n) is 10.6. The average molecular weight is 465 g/mol. The van der Waals surface area contributed by atoms with Crippen LogP contribution in [0.4, 0.5) is 0 Å². The first-order chi connectivity index (χ1) is 14.3. The van der Waals surface area contributed by atoms with Gasteiger partial charge in [0.15, 0.2) is 0 Å². The predicted octanol–water partition coefficient (Wildman–Crippen LogP) is 1.35. The zero-order chi connectivity index (χ0) is 23.0. The van der Waals surface area contributed by atoms with Gasteiger partial charge in [0.25, 0.3) is 0 Å². The summed E-state index contributed by atoms with van der Waals surface area (Å²) in [6, 6.07) is 0. The second kappa shape index (κ2) is 26.7. The van der Waals surface area contributed by atoms with Crippen LogP contribution in [0, 0.1) is 0 Å². The molecule has 0 unspecified atom stereocenters. The molecule has 0 atom stereocenters. The van der Waals surface area contributed by atoms with Crippen molar-refractivity contribution in [2.75, 3.05) is 13.1 Å². The van der Waals surface area contributed by atoms with Gasteiger partial charge in [-0.05, 0) is 37.7 Å². The van der Waals surface area contributed by atoms with E-state index in [2.05, 4.69) is 24.2 Å². The van der Waals surface area contributed by atoms with E-state index < -0.39 is 11.9 Å². The number of hydrogen-bond donors (Lipinski definition) is 2. The molecule has 0 saturated heterocycles. The first kappa shape index (κ1) is 34.2. The minimum absolute atomic E-state index is 0. The van der Waals surface area contributed by atoms with E-state index in [-0.39, 0.29) is 75.5 Å². The van der Waals surface area contributed by atoms with Gasteiger partial charge in [0.1, 0.15) is 0 Å². The van der Waals surface area contributed by atoms with Gasteiger partial charge in [-0.1, -0.05) is 57.8 Å². The molecule has 9 heteroatoms. The molecule has 0 spiro atoms. The zero-order valence-electron chi connectivity index (χ0n) is 18.9. The van der Waals surface area contributed by atoms with Crippen LogP contribution in [0.2, 0.25) is 0 Å². The van der Waals surface area contributed by atoms with Crippen LogP contribution < -0.4 is 15.5 Å². The zero-order valence-corrected chi connectivity index (χ0v) is 21.1. The Morgan fingerprint density at radius 1 is 0.903 bits per heavy atom. The predicted molar refractivity (Wildman–Crippen MR) is 120 cm³/mol. The second-order valence-corrected chi connectivity index (χ2v) is 6.57. The summed E-state index contributed by atoms with van der Waals surface area (Å²) < 4.78 is 0. The minimum atomic E-state index is -1.18. The molecule has 8 nitrogen and oxygen atoms in total. The topological polar surface area (TPSA) is 142 Å². The molecule has 0 saturated carbocycles. The van der Waals surface area contributed by atoms with Crippen LogP contribution in [0.3, 0.4) is 0 Å². The number of carboxylic acids is 2. The fraction of sp³-hybridized carbons (Fsp3) is 0.636. The molecule has 0 aromatic rings. The molecular weight excluding hydrogens is 428 g/mol. The number of nitrogens with zero attached hydrogens (tertiary/aromatic N) is 1. The number of amides is 1. The summed E-state index contributed by atoms with van der Waals surface area (Å²) in [5, 5.41) is 31.8. The molecule has 0 aliphatic heterocycles. The van der Waals surface area contributed by atoms with Gasteiger partial charge in [-0.3, -0.25) is 9.59 Å². The van der Waals surface area contributed by atoms with Gasteiger partial charge < -0.3 is 30.4 Å². The molecule has 172 valence electrons. The van der Waals surface area contributed by atoms with Gasteiger partial charge in [0.05, 0.1) is 6.42 Å². The van der Waals surface area contributed by atoms with Gasteiger partial charge in [0.2, 0.25) is 5.91 Å². The van der Waals surface area contributed by atoms with Crippen LogP contribution in [0.25, 0.3) is 0 Å². The molecule has 0 bridgehead atoms. The third kappa shape index (κ3) is 33.5. The normalized spacial score (nSPS) is 11.0. The summed E-state index contributed by atoms with van der Waals surface area (Å²) in [5.74, 6) is -2.67. The van der Waals surface area contributed by atoms with E-state index in [1.807, 2.05) is 6.08 Å². The fourth-order valence-corrected chi connectivity index (χ4v) is 2.06. The number of nitrogens with one attached hydrogen (secondary N) is 1. The van der Waals surface area contributed by atoms with Crippen molar-refractivity contribution in [1.82, 2.24) is 5.32 Å². The molecule has 0 aromatic carbocycles. The Morgan fingerprint density at radius 2 is 1.45 bits per heavy atom. The smallest absolute Gasteiger partial charge is 0.859 e. The largest absolute Gasteiger partial charge is 2.00 e.